The zero-order valence-electron chi connectivity index (χ0n) is 17.1. The summed E-state index contributed by atoms with van der Waals surface area (Å²) in [7, 11) is 0. The molecular weight excluding hydrogens is 362 g/mol. The van der Waals surface area contributed by atoms with E-state index >= 15 is 0 Å². The van der Waals surface area contributed by atoms with E-state index < -0.39 is 6.08 Å². The van der Waals surface area contributed by atoms with Crippen molar-refractivity contribution < 1.29 is 8.78 Å². The van der Waals surface area contributed by atoms with E-state index in [4.69, 9.17) is 0 Å². The van der Waals surface area contributed by atoms with Crippen molar-refractivity contribution in [2.75, 3.05) is 0 Å². The van der Waals surface area contributed by atoms with Gasteiger partial charge in [0.25, 0.3) is 6.08 Å². The molecule has 2 unspecified atom stereocenters. The second-order valence-electron chi connectivity index (χ2n) is 7.78. The van der Waals surface area contributed by atoms with Crippen LogP contribution in [0.5, 0.6) is 0 Å². The van der Waals surface area contributed by atoms with Crippen LogP contribution in [0.4, 0.5) is 8.78 Å². The lowest BCUT2D eigenvalue weighted by Gasteiger charge is -2.23. The fourth-order valence-corrected chi connectivity index (χ4v) is 3.88. The summed E-state index contributed by atoms with van der Waals surface area (Å²) in [5.41, 5.74) is 6.03. The highest BCUT2D eigenvalue weighted by Crippen LogP contribution is 2.34. The van der Waals surface area contributed by atoms with E-state index in [9.17, 15) is 8.78 Å². The molecule has 2 atom stereocenters. The van der Waals surface area contributed by atoms with E-state index in [-0.39, 0.29) is 11.8 Å². The second-order valence-corrected chi connectivity index (χ2v) is 7.78. The standard InChI is InChI=1S/C27H28F2/c1-20-13-16-25(17-21(20)2)26(24-11-7-4-8-12-24)18-23(19-27(28)29)15-14-22-9-5-3-6-10-22/h3-13,16-17,19,23,26H,14-15,18H2,1-2H3. The maximum atomic E-state index is 13.2. The molecule has 0 fully saturated rings. The molecule has 0 aromatic heterocycles. The van der Waals surface area contributed by atoms with Gasteiger partial charge in [-0.1, -0.05) is 78.9 Å². The van der Waals surface area contributed by atoms with Crippen LogP contribution in [-0.2, 0) is 6.42 Å². The molecule has 0 spiro atoms. The summed E-state index contributed by atoms with van der Waals surface area (Å²) in [5, 5.41) is 0. The van der Waals surface area contributed by atoms with Gasteiger partial charge in [0.1, 0.15) is 0 Å². The Balaban J connectivity index is 1.88. The summed E-state index contributed by atoms with van der Waals surface area (Å²) in [5.74, 6) is -0.0982. The van der Waals surface area contributed by atoms with Crippen LogP contribution < -0.4 is 0 Å². The molecule has 0 saturated heterocycles. The summed E-state index contributed by atoms with van der Waals surface area (Å²) in [4.78, 5) is 0. The van der Waals surface area contributed by atoms with Gasteiger partial charge in [-0.25, -0.2) is 0 Å². The fourth-order valence-electron chi connectivity index (χ4n) is 3.88. The lowest BCUT2D eigenvalue weighted by molar-refractivity contribution is 0.397. The summed E-state index contributed by atoms with van der Waals surface area (Å²) in [6, 6.07) is 26.8. The topological polar surface area (TPSA) is 0 Å². The van der Waals surface area contributed by atoms with Crippen molar-refractivity contribution in [2.45, 2.75) is 39.0 Å². The Kier molecular flexibility index (Phi) is 7.35. The molecule has 0 amide bonds. The lowest BCUT2D eigenvalue weighted by atomic mass is 9.81. The first-order chi connectivity index (χ1) is 14.0. The maximum Gasteiger partial charge on any atom is 0.266 e. The van der Waals surface area contributed by atoms with Crippen molar-refractivity contribution >= 4 is 0 Å². The highest BCUT2D eigenvalue weighted by atomic mass is 19.3. The molecule has 0 nitrogen and oxygen atoms in total. The molecule has 0 aliphatic rings. The molecule has 3 aromatic rings. The highest BCUT2D eigenvalue weighted by Gasteiger charge is 2.20. The molecule has 0 aliphatic heterocycles. The van der Waals surface area contributed by atoms with Crippen LogP contribution >= 0.6 is 0 Å². The predicted octanol–water partition coefficient (Wildman–Crippen LogP) is 7.85. The summed E-state index contributed by atoms with van der Waals surface area (Å²) >= 11 is 0. The van der Waals surface area contributed by atoms with E-state index in [2.05, 4.69) is 56.3 Å². The van der Waals surface area contributed by atoms with Gasteiger partial charge in [0, 0.05) is 5.92 Å². The van der Waals surface area contributed by atoms with Gasteiger partial charge in [-0.3, -0.25) is 0 Å². The quantitative estimate of drug-likeness (QED) is 0.367. The van der Waals surface area contributed by atoms with Crippen LogP contribution in [-0.4, -0.2) is 0 Å². The Morgan fingerprint density at radius 2 is 1.45 bits per heavy atom. The number of hydrogen-bond donors (Lipinski definition) is 0. The first-order valence-electron chi connectivity index (χ1n) is 10.2. The zero-order valence-corrected chi connectivity index (χ0v) is 17.1. The molecule has 3 aromatic carbocycles. The molecule has 29 heavy (non-hydrogen) atoms. The molecule has 0 N–H and O–H groups in total. The van der Waals surface area contributed by atoms with Crippen molar-refractivity contribution in [3.05, 3.63) is 119 Å². The number of hydrogen-bond acceptors (Lipinski definition) is 0. The zero-order chi connectivity index (χ0) is 20.6. The average molecular weight is 391 g/mol. The SMILES string of the molecule is Cc1ccc(C(CC(C=C(F)F)CCc2ccccc2)c2ccccc2)cc1C. The van der Waals surface area contributed by atoms with E-state index in [0.29, 0.717) is 12.8 Å². The van der Waals surface area contributed by atoms with Gasteiger partial charge in [0.15, 0.2) is 0 Å². The van der Waals surface area contributed by atoms with E-state index in [1.54, 1.807) is 0 Å². The third-order valence-corrected chi connectivity index (χ3v) is 5.68. The predicted molar refractivity (Wildman–Crippen MR) is 117 cm³/mol. The minimum absolute atomic E-state index is 0.0897. The van der Waals surface area contributed by atoms with Crippen LogP contribution in [0.2, 0.25) is 0 Å². The summed E-state index contributed by atoms with van der Waals surface area (Å²) in [6.07, 6.45) is 1.73. The van der Waals surface area contributed by atoms with Gasteiger partial charge in [-0.15, -0.1) is 0 Å². The van der Waals surface area contributed by atoms with E-state index in [1.807, 2.05) is 36.4 Å². The van der Waals surface area contributed by atoms with Crippen LogP contribution in [0.25, 0.3) is 0 Å². The molecule has 150 valence electrons. The van der Waals surface area contributed by atoms with Gasteiger partial charge in [-0.05, 0) is 72.9 Å². The Bertz CT molecular complexity index is 925. The van der Waals surface area contributed by atoms with Crippen LogP contribution in [0.15, 0.2) is 91.0 Å². The minimum atomic E-state index is -1.59. The first kappa shape index (κ1) is 21.0. The van der Waals surface area contributed by atoms with Crippen LogP contribution in [0.1, 0.15) is 46.6 Å². The number of aryl methyl sites for hydroxylation is 3. The second kappa shape index (κ2) is 10.2. The number of rotatable bonds is 8. The van der Waals surface area contributed by atoms with Crippen LogP contribution in [0.3, 0.4) is 0 Å². The van der Waals surface area contributed by atoms with Crippen molar-refractivity contribution in [1.29, 1.82) is 0 Å². The lowest BCUT2D eigenvalue weighted by Crippen LogP contribution is -2.10. The third kappa shape index (κ3) is 6.12. The Morgan fingerprint density at radius 1 is 0.793 bits per heavy atom. The van der Waals surface area contributed by atoms with E-state index in [0.717, 1.165) is 12.5 Å². The monoisotopic (exact) mass is 390 g/mol. The molecule has 3 rings (SSSR count). The normalized spacial score (nSPS) is 13.0. The maximum absolute atomic E-state index is 13.2. The first-order valence-corrected chi connectivity index (χ1v) is 10.2. The van der Waals surface area contributed by atoms with Gasteiger partial charge in [0.2, 0.25) is 0 Å². The van der Waals surface area contributed by atoms with Gasteiger partial charge >= 0.3 is 0 Å². The molecule has 2 heteroatoms. The fraction of sp³-hybridized carbons (Fsp3) is 0.259. The van der Waals surface area contributed by atoms with E-state index in [1.165, 1.54) is 27.8 Å². The molecule has 0 aliphatic carbocycles. The van der Waals surface area contributed by atoms with Crippen molar-refractivity contribution in [3.8, 4) is 0 Å². The van der Waals surface area contributed by atoms with Crippen LogP contribution in [0, 0.1) is 19.8 Å². The molecule has 0 saturated carbocycles. The van der Waals surface area contributed by atoms with Gasteiger partial charge in [0.05, 0.1) is 0 Å². The number of benzene rings is 3. The molecule has 0 heterocycles. The Labute approximate surface area is 172 Å². The molecule has 0 bridgehead atoms. The summed E-state index contributed by atoms with van der Waals surface area (Å²) in [6.45, 7) is 4.20. The minimum Gasteiger partial charge on any atom is -0.174 e. The largest absolute Gasteiger partial charge is 0.266 e. The van der Waals surface area contributed by atoms with Gasteiger partial charge in [-0.2, -0.15) is 8.78 Å². The van der Waals surface area contributed by atoms with Gasteiger partial charge < -0.3 is 0 Å². The number of allylic oxidation sites excluding steroid dienone is 1. The third-order valence-electron chi connectivity index (χ3n) is 5.68. The smallest absolute Gasteiger partial charge is 0.174 e. The van der Waals surface area contributed by atoms with Crippen molar-refractivity contribution in [2.24, 2.45) is 5.92 Å². The van der Waals surface area contributed by atoms with Crippen molar-refractivity contribution in [3.63, 3.8) is 0 Å². The van der Waals surface area contributed by atoms with Crippen molar-refractivity contribution in [1.82, 2.24) is 0 Å². The Morgan fingerprint density at radius 3 is 2.07 bits per heavy atom. The molecule has 0 radical (unpaired) electrons. The summed E-state index contributed by atoms with van der Waals surface area (Å²) < 4.78 is 26.5. The number of halogens is 2. The highest BCUT2D eigenvalue weighted by molar-refractivity contribution is 5.38. The Hall–Kier alpha value is -2.74. The molecular formula is C27H28F2. The average Bonchev–Trinajstić information content (AvgIpc) is 2.73.